The minimum Gasteiger partial charge on any atom is -0.399 e. The lowest BCUT2D eigenvalue weighted by molar-refractivity contribution is 0.722. The van der Waals surface area contributed by atoms with Gasteiger partial charge in [-0.1, -0.05) is 30.3 Å². The summed E-state index contributed by atoms with van der Waals surface area (Å²) in [7, 11) is 0. The minimum atomic E-state index is -0.291. The second-order valence-electron chi connectivity index (χ2n) is 5.65. The standard InChI is InChI=1S/C17H15N7O/c18-12-5-3-4-11(8-12)9-23-16(25)15(13-6-1-2-7-14(13)19)22-24-10-20-21-17(23)24/h1-8,10H,9,18-19H2. The summed E-state index contributed by atoms with van der Waals surface area (Å²) in [4.78, 5) is 13.1. The topological polar surface area (TPSA) is 117 Å². The Morgan fingerprint density at radius 1 is 1.04 bits per heavy atom. The lowest BCUT2D eigenvalue weighted by Gasteiger charge is -2.11. The lowest BCUT2D eigenvalue weighted by Crippen LogP contribution is -2.27. The van der Waals surface area contributed by atoms with Crippen LogP contribution >= 0.6 is 0 Å². The number of rotatable bonds is 3. The summed E-state index contributed by atoms with van der Waals surface area (Å²) >= 11 is 0. The molecule has 0 atom stereocenters. The van der Waals surface area contributed by atoms with Gasteiger partial charge in [-0.3, -0.25) is 9.36 Å². The van der Waals surface area contributed by atoms with Crippen molar-refractivity contribution in [3.63, 3.8) is 0 Å². The Labute approximate surface area is 142 Å². The first kappa shape index (κ1) is 14.9. The molecule has 0 saturated heterocycles. The summed E-state index contributed by atoms with van der Waals surface area (Å²) in [5.74, 6) is 0.352. The van der Waals surface area contributed by atoms with Crippen LogP contribution in [0.25, 0.3) is 17.0 Å². The van der Waals surface area contributed by atoms with Crippen LogP contribution in [0.15, 0.2) is 59.7 Å². The first-order valence-electron chi connectivity index (χ1n) is 7.63. The van der Waals surface area contributed by atoms with E-state index in [2.05, 4.69) is 15.3 Å². The number of fused-ring (bicyclic) bond motifs is 1. The first-order chi connectivity index (χ1) is 12.1. The third kappa shape index (κ3) is 2.59. The number of nitrogens with zero attached hydrogens (tertiary/aromatic N) is 5. The molecule has 4 rings (SSSR count). The number of anilines is 2. The zero-order valence-electron chi connectivity index (χ0n) is 13.2. The number of hydrogen-bond donors (Lipinski definition) is 2. The zero-order chi connectivity index (χ0) is 17.4. The van der Waals surface area contributed by atoms with Gasteiger partial charge in [-0.2, -0.15) is 9.61 Å². The van der Waals surface area contributed by atoms with E-state index in [1.165, 1.54) is 15.4 Å². The van der Waals surface area contributed by atoms with Crippen LogP contribution in [0.2, 0.25) is 0 Å². The molecular formula is C17H15N7O. The van der Waals surface area contributed by atoms with Crippen molar-refractivity contribution >= 4 is 17.2 Å². The van der Waals surface area contributed by atoms with Gasteiger partial charge in [0.25, 0.3) is 11.3 Å². The maximum atomic E-state index is 13.1. The normalized spacial score (nSPS) is 11.0. The van der Waals surface area contributed by atoms with Crippen molar-refractivity contribution in [1.82, 2.24) is 24.4 Å². The Balaban J connectivity index is 1.94. The molecule has 2 aromatic carbocycles. The van der Waals surface area contributed by atoms with Crippen LogP contribution in [0.1, 0.15) is 5.56 Å². The fourth-order valence-electron chi connectivity index (χ4n) is 2.74. The van der Waals surface area contributed by atoms with E-state index in [1.54, 1.807) is 24.3 Å². The van der Waals surface area contributed by atoms with Gasteiger partial charge in [-0.25, -0.2) is 0 Å². The second-order valence-corrected chi connectivity index (χ2v) is 5.65. The number of nitrogens with two attached hydrogens (primary N) is 2. The third-order valence-corrected chi connectivity index (χ3v) is 3.92. The van der Waals surface area contributed by atoms with E-state index in [4.69, 9.17) is 11.5 Å². The average Bonchev–Trinajstić information content (AvgIpc) is 3.06. The molecule has 4 N–H and O–H groups in total. The fraction of sp³-hybridized carbons (Fsp3) is 0.0588. The molecule has 8 heteroatoms. The van der Waals surface area contributed by atoms with Gasteiger partial charge in [0.05, 0.1) is 6.54 Å². The number of hydrogen-bond acceptors (Lipinski definition) is 6. The van der Waals surface area contributed by atoms with Gasteiger partial charge in [-0.15, -0.1) is 10.2 Å². The molecule has 0 aliphatic carbocycles. The van der Waals surface area contributed by atoms with E-state index in [0.717, 1.165) is 5.56 Å². The molecule has 0 unspecified atom stereocenters. The van der Waals surface area contributed by atoms with Crippen LogP contribution in [0, 0.1) is 0 Å². The summed E-state index contributed by atoms with van der Waals surface area (Å²) in [6, 6.07) is 14.5. The van der Waals surface area contributed by atoms with Gasteiger partial charge in [0.1, 0.15) is 6.33 Å². The molecule has 8 nitrogen and oxygen atoms in total. The molecule has 0 radical (unpaired) electrons. The number of aromatic nitrogens is 5. The molecule has 2 heterocycles. The van der Waals surface area contributed by atoms with E-state index in [9.17, 15) is 4.79 Å². The van der Waals surface area contributed by atoms with Crippen LogP contribution in [-0.2, 0) is 6.54 Å². The minimum absolute atomic E-state index is 0.245. The molecule has 0 spiro atoms. The van der Waals surface area contributed by atoms with Gasteiger partial charge in [0, 0.05) is 16.9 Å². The monoisotopic (exact) mass is 333 g/mol. The maximum absolute atomic E-state index is 13.1. The molecule has 0 fully saturated rings. The van der Waals surface area contributed by atoms with E-state index < -0.39 is 0 Å². The lowest BCUT2D eigenvalue weighted by atomic mass is 10.1. The summed E-state index contributed by atoms with van der Waals surface area (Å²) in [6.07, 6.45) is 1.45. The van der Waals surface area contributed by atoms with Crippen molar-refractivity contribution in [3.05, 3.63) is 70.8 Å². The van der Waals surface area contributed by atoms with E-state index >= 15 is 0 Å². The van der Waals surface area contributed by atoms with Gasteiger partial charge in [0.15, 0.2) is 5.69 Å². The van der Waals surface area contributed by atoms with Crippen molar-refractivity contribution < 1.29 is 0 Å². The zero-order valence-corrected chi connectivity index (χ0v) is 13.2. The quantitative estimate of drug-likeness (QED) is 0.543. The highest BCUT2D eigenvalue weighted by Crippen LogP contribution is 2.21. The van der Waals surface area contributed by atoms with Gasteiger partial charge < -0.3 is 11.5 Å². The van der Waals surface area contributed by atoms with Crippen molar-refractivity contribution in [3.8, 4) is 11.3 Å². The molecule has 0 amide bonds. The molecule has 0 aliphatic heterocycles. The van der Waals surface area contributed by atoms with E-state index in [0.29, 0.717) is 29.3 Å². The summed E-state index contributed by atoms with van der Waals surface area (Å²) in [6.45, 7) is 0.300. The molecule has 25 heavy (non-hydrogen) atoms. The Bertz CT molecular complexity index is 1130. The van der Waals surface area contributed by atoms with Crippen LogP contribution in [0.5, 0.6) is 0 Å². The highest BCUT2D eigenvalue weighted by molar-refractivity contribution is 5.73. The molecular weight excluding hydrogens is 318 g/mol. The smallest absolute Gasteiger partial charge is 0.282 e. The molecule has 2 aromatic heterocycles. The number of benzene rings is 2. The average molecular weight is 333 g/mol. The van der Waals surface area contributed by atoms with Crippen molar-refractivity contribution in [2.45, 2.75) is 6.54 Å². The summed E-state index contributed by atoms with van der Waals surface area (Å²) in [5.41, 5.74) is 14.4. The highest BCUT2D eigenvalue weighted by atomic mass is 16.1. The molecule has 124 valence electrons. The molecule has 0 aliphatic rings. The van der Waals surface area contributed by atoms with Gasteiger partial charge in [0.2, 0.25) is 0 Å². The van der Waals surface area contributed by atoms with E-state index in [-0.39, 0.29) is 11.3 Å². The summed E-state index contributed by atoms with van der Waals surface area (Å²) in [5, 5.41) is 12.2. The Hall–Kier alpha value is -3.68. The van der Waals surface area contributed by atoms with Crippen LogP contribution in [-0.4, -0.2) is 24.4 Å². The second kappa shape index (κ2) is 5.75. The van der Waals surface area contributed by atoms with Crippen LogP contribution < -0.4 is 17.0 Å². The molecule has 0 saturated carbocycles. The fourth-order valence-corrected chi connectivity index (χ4v) is 2.74. The Kier molecular flexibility index (Phi) is 3.42. The largest absolute Gasteiger partial charge is 0.399 e. The van der Waals surface area contributed by atoms with Crippen LogP contribution in [0.3, 0.4) is 0 Å². The van der Waals surface area contributed by atoms with Gasteiger partial charge >= 0.3 is 0 Å². The predicted octanol–water partition coefficient (Wildman–Crippen LogP) is 1.17. The van der Waals surface area contributed by atoms with Crippen molar-refractivity contribution in [2.24, 2.45) is 0 Å². The van der Waals surface area contributed by atoms with Crippen molar-refractivity contribution in [2.75, 3.05) is 11.5 Å². The first-order valence-corrected chi connectivity index (χ1v) is 7.63. The van der Waals surface area contributed by atoms with Crippen molar-refractivity contribution in [1.29, 1.82) is 0 Å². The predicted molar refractivity (Wildman–Crippen MR) is 94.8 cm³/mol. The van der Waals surface area contributed by atoms with Crippen LogP contribution in [0.4, 0.5) is 11.4 Å². The highest BCUT2D eigenvalue weighted by Gasteiger charge is 2.16. The summed E-state index contributed by atoms with van der Waals surface area (Å²) < 4.78 is 2.98. The third-order valence-electron chi connectivity index (χ3n) is 3.92. The SMILES string of the molecule is Nc1cccc(Cn2c(=O)c(-c3ccccc3N)nn3cnnc23)c1. The molecule has 0 bridgehead atoms. The van der Waals surface area contributed by atoms with E-state index in [1.807, 2.05) is 24.3 Å². The molecule has 4 aromatic rings. The van der Waals surface area contributed by atoms with Gasteiger partial charge in [-0.05, 0) is 23.8 Å². The Morgan fingerprint density at radius 2 is 1.88 bits per heavy atom. The maximum Gasteiger partial charge on any atom is 0.282 e. The number of nitrogen functional groups attached to an aromatic ring is 2. The Morgan fingerprint density at radius 3 is 2.68 bits per heavy atom. The number of para-hydroxylation sites is 1.